The SMILES string of the molecule is CC(C)(C)C(=O)N1CCC(NC2CC(C(=O)NC[C@H](O)CN3CCC4CC(OCC5CNCO5)CCC4C3)CCN2)CC1. The maximum atomic E-state index is 13.0. The smallest absolute Gasteiger partial charge is 0.227 e. The van der Waals surface area contributed by atoms with E-state index in [2.05, 4.69) is 26.2 Å². The minimum atomic E-state index is -0.558. The summed E-state index contributed by atoms with van der Waals surface area (Å²) in [6.07, 6.45) is 8.08. The summed E-state index contributed by atoms with van der Waals surface area (Å²) < 4.78 is 11.8. The number of nitrogens with one attached hydrogen (secondary N) is 4. The molecule has 5 rings (SSSR count). The van der Waals surface area contributed by atoms with Crippen LogP contribution in [-0.2, 0) is 19.1 Å². The van der Waals surface area contributed by atoms with Crippen LogP contribution >= 0.6 is 0 Å². The molecule has 11 heteroatoms. The van der Waals surface area contributed by atoms with Crippen molar-refractivity contribution in [2.75, 3.05) is 65.7 Å². The van der Waals surface area contributed by atoms with Gasteiger partial charge in [0.15, 0.2) is 0 Å². The number of carbonyl (C=O) groups excluding carboxylic acids is 2. The van der Waals surface area contributed by atoms with Crippen molar-refractivity contribution in [1.29, 1.82) is 0 Å². The third-order valence-corrected chi connectivity index (χ3v) is 10.3. The molecule has 43 heavy (non-hydrogen) atoms. The molecule has 0 aromatic carbocycles. The van der Waals surface area contributed by atoms with Crippen molar-refractivity contribution in [3.8, 4) is 0 Å². The highest BCUT2D eigenvalue weighted by Crippen LogP contribution is 2.37. The lowest BCUT2D eigenvalue weighted by molar-refractivity contribution is -0.140. The first-order valence-corrected chi connectivity index (χ1v) is 17.0. The van der Waals surface area contributed by atoms with Crippen molar-refractivity contribution in [2.24, 2.45) is 23.2 Å². The summed E-state index contributed by atoms with van der Waals surface area (Å²) in [4.78, 5) is 30.0. The molecule has 6 unspecified atom stereocenters. The van der Waals surface area contributed by atoms with Gasteiger partial charge in [0.05, 0.1) is 37.8 Å². The number of fused-ring (bicyclic) bond motifs is 1. The fourth-order valence-corrected chi connectivity index (χ4v) is 7.79. The summed E-state index contributed by atoms with van der Waals surface area (Å²) in [6, 6.07) is 0.348. The molecular weight excluding hydrogens is 548 g/mol. The number of hydrogen-bond donors (Lipinski definition) is 5. The van der Waals surface area contributed by atoms with E-state index in [1.165, 1.54) is 6.42 Å². The molecule has 5 aliphatic rings. The highest BCUT2D eigenvalue weighted by Gasteiger charge is 2.37. The third kappa shape index (κ3) is 9.58. The molecule has 11 nitrogen and oxygen atoms in total. The lowest BCUT2D eigenvalue weighted by Gasteiger charge is -2.44. The van der Waals surface area contributed by atoms with Crippen molar-refractivity contribution in [3.05, 3.63) is 0 Å². The quantitative estimate of drug-likeness (QED) is 0.246. The van der Waals surface area contributed by atoms with E-state index in [1.807, 2.05) is 25.7 Å². The number of amides is 2. The lowest BCUT2D eigenvalue weighted by atomic mass is 9.74. The molecule has 0 spiro atoms. The molecule has 0 aromatic heterocycles. The van der Waals surface area contributed by atoms with Gasteiger partial charge in [0.2, 0.25) is 11.8 Å². The Kier molecular flexibility index (Phi) is 11.8. The Hall–Kier alpha value is -1.34. The van der Waals surface area contributed by atoms with Gasteiger partial charge in [0.1, 0.15) is 0 Å². The van der Waals surface area contributed by atoms with E-state index in [1.54, 1.807) is 0 Å². The largest absolute Gasteiger partial charge is 0.390 e. The standard InChI is InChI=1S/C32H58N6O5/c1-32(2,3)31(41)38-12-8-25(9-13-38)36-29-15-23(6-10-34-29)30(40)35-16-26(39)19-37-11-7-22-14-27(5-4-24(22)18-37)42-20-28-17-33-21-43-28/h22-29,33-34,36,39H,4-21H2,1-3H3,(H,35,40)/t22?,23?,24?,26-,27?,28?,29?/m0/s1. The minimum absolute atomic E-state index is 0.0498. The number of rotatable bonds is 10. The Bertz CT molecular complexity index is 903. The van der Waals surface area contributed by atoms with E-state index in [-0.39, 0.29) is 35.4 Å². The summed E-state index contributed by atoms with van der Waals surface area (Å²) in [6.45, 7) is 13.5. The molecule has 4 aliphatic heterocycles. The van der Waals surface area contributed by atoms with Crippen LogP contribution in [-0.4, -0.2) is 123 Å². The molecule has 4 heterocycles. The second-order valence-corrected chi connectivity index (χ2v) is 14.8. The molecule has 5 N–H and O–H groups in total. The molecule has 1 saturated carbocycles. The number of nitrogens with zero attached hydrogens (tertiary/aromatic N) is 2. The minimum Gasteiger partial charge on any atom is -0.390 e. The second-order valence-electron chi connectivity index (χ2n) is 14.8. The van der Waals surface area contributed by atoms with E-state index >= 15 is 0 Å². The van der Waals surface area contributed by atoms with E-state index < -0.39 is 6.10 Å². The molecule has 7 atom stereocenters. The number of aliphatic hydroxyl groups excluding tert-OH is 1. The van der Waals surface area contributed by atoms with Gasteiger partial charge in [0.25, 0.3) is 0 Å². The van der Waals surface area contributed by atoms with Crippen LogP contribution in [0.5, 0.6) is 0 Å². The van der Waals surface area contributed by atoms with Crippen molar-refractivity contribution < 1.29 is 24.2 Å². The maximum Gasteiger partial charge on any atom is 0.227 e. The summed E-state index contributed by atoms with van der Waals surface area (Å²) in [5.41, 5.74) is -0.339. The van der Waals surface area contributed by atoms with Crippen LogP contribution in [0.2, 0.25) is 0 Å². The van der Waals surface area contributed by atoms with E-state index in [9.17, 15) is 14.7 Å². The van der Waals surface area contributed by atoms with Crippen LogP contribution in [0.1, 0.15) is 72.1 Å². The Labute approximate surface area is 258 Å². The fourth-order valence-electron chi connectivity index (χ4n) is 7.79. The van der Waals surface area contributed by atoms with Gasteiger partial charge in [-0.25, -0.2) is 0 Å². The average Bonchev–Trinajstić information content (AvgIpc) is 3.52. The Morgan fingerprint density at radius 3 is 2.60 bits per heavy atom. The molecule has 0 bridgehead atoms. The number of β-amino-alcohol motifs (C(OH)–C–C–N with tert-alkyl or cyclic N) is 1. The Balaban J connectivity index is 0.956. The zero-order valence-electron chi connectivity index (χ0n) is 26.8. The zero-order valence-corrected chi connectivity index (χ0v) is 26.8. The molecule has 0 radical (unpaired) electrons. The topological polar surface area (TPSA) is 127 Å². The van der Waals surface area contributed by atoms with Crippen LogP contribution in [0.15, 0.2) is 0 Å². The van der Waals surface area contributed by atoms with Crippen molar-refractivity contribution in [3.63, 3.8) is 0 Å². The van der Waals surface area contributed by atoms with Crippen LogP contribution in [0, 0.1) is 23.2 Å². The second kappa shape index (κ2) is 15.3. The molecule has 0 aromatic rings. The molecule has 2 amide bonds. The van der Waals surface area contributed by atoms with Gasteiger partial charge in [-0.1, -0.05) is 20.8 Å². The summed E-state index contributed by atoms with van der Waals surface area (Å²) >= 11 is 0. The van der Waals surface area contributed by atoms with Crippen LogP contribution in [0.25, 0.3) is 0 Å². The third-order valence-electron chi connectivity index (χ3n) is 10.3. The van der Waals surface area contributed by atoms with E-state index in [0.717, 1.165) is 84.2 Å². The summed E-state index contributed by atoms with van der Waals surface area (Å²) in [5.74, 6) is 1.59. The normalized spacial score (nSPS) is 33.6. The van der Waals surface area contributed by atoms with Crippen molar-refractivity contribution >= 4 is 11.8 Å². The Morgan fingerprint density at radius 1 is 1.05 bits per heavy atom. The van der Waals surface area contributed by atoms with Gasteiger partial charge in [-0.3, -0.25) is 20.2 Å². The zero-order chi connectivity index (χ0) is 30.4. The lowest BCUT2D eigenvalue weighted by Crippen LogP contribution is -2.56. The van der Waals surface area contributed by atoms with Gasteiger partial charge < -0.3 is 35.0 Å². The number of piperidine rings is 3. The number of hydrogen-bond acceptors (Lipinski definition) is 9. The molecular formula is C32H58N6O5. The van der Waals surface area contributed by atoms with Crippen LogP contribution in [0.3, 0.4) is 0 Å². The number of ether oxygens (including phenoxy) is 2. The first kappa shape index (κ1) is 33.0. The maximum absolute atomic E-state index is 13.0. The highest BCUT2D eigenvalue weighted by atomic mass is 16.5. The first-order chi connectivity index (χ1) is 20.6. The fraction of sp³-hybridized carbons (Fsp3) is 0.938. The van der Waals surface area contributed by atoms with Gasteiger partial charge in [-0.05, 0) is 76.3 Å². The summed E-state index contributed by atoms with van der Waals surface area (Å²) in [7, 11) is 0. The molecule has 4 saturated heterocycles. The van der Waals surface area contributed by atoms with Crippen molar-refractivity contribution in [1.82, 2.24) is 31.1 Å². The monoisotopic (exact) mass is 606 g/mol. The van der Waals surface area contributed by atoms with Crippen LogP contribution in [0.4, 0.5) is 0 Å². The van der Waals surface area contributed by atoms with E-state index in [0.29, 0.717) is 50.4 Å². The van der Waals surface area contributed by atoms with Crippen LogP contribution < -0.4 is 21.3 Å². The van der Waals surface area contributed by atoms with Gasteiger partial charge in [-0.15, -0.1) is 0 Å². The predicted molar refractivity (Wildman–Crippen MR) is 165 cm³/mol. The molecule has 5 fully saturated rings. The van der Waals surface area contributed by atoms with E-state index in [4.69, 9.17) is 9.47 Å². The highest BCUT2D eigenvalue weighted by molar-refractivity contribution is 5.81. The molecule has 1 aliphatic carbocycles. The number of carbonyl (C=O) groups is 2. The Morgan fingerprint density at radius 2 is 1.86 bits per heavy atom. The first-order valence-electron chi connectivity index (χ1n) is 17.0. The van der Waals surface area contributed by atoms with Gasteiger partial charge in [-0.2, -0.15) is 0 Å². The van der Waals surface area contributed by atoms with Crippen molar-refractivity contribution in [2.45, 2.75) is 103 Å². The average molecular weight is 607 g/mol. The summed E-state index contributed by atoms with van der Waals surface area (Å²) in [5, 5.41) is 24.3. The van der Waals surface area contributed by atoms with Gasteiger partial charge in [0, 0.05) is 56.6 Å². The predicted octanol–water partition coefficient (Wildman–Crippen LogP) is 0.869. The van der Waals surface area contributed by atoms with Gasteiger partial charge >= 0.3 is 0 Å². The number of likely N-dealkylation sites (tertiary alicyclic amines) is 2. The number of aliphatic hydroxyl groups is 1. The molecule has 246 valence electrons.